The summed E-state index contributed by atoms with van der Waals surface area (Å²) >= 11 is 5.96. The van der Waals surface area contributed by atoms with E-state index in [0.717, 1.165) is 31.2 Å². The molecule has 1 saturated carbocycles. The van der Waals surface area contributed by atoms with E-state index in [4.69, 9.17) is 11.6 Å². The average molecular weight is 322 g/mol. The maximum atomic E-state index is 12.7. The van der Waals surface area contributed by atoms with Crippen LogP contribution in [0.15, 0.2) is 24.3 Å². The van der Waals surface area contributed by atoms with Crippen LogP contribution < -0.4 is 0 Å². The van der Waals surface area contributed by atoms with Gasteiger partial charge < -0.3 is 10.0 Å². The number of aliphatic carboxylic acids is 1. The molecule has 3 rings (SSSR count). The Balaban J connectivity index is 1.80. The maximum Gasteiger partial charge on any atom is 0.326 e. The quantitative estimate of drug-likeness (QED) is 0.930. The van der Waals surface area contributed by atoms with Gasteiger partial charge in [-0.25, -0.2) is 4.79 Å². The van der Waals surface area contributed by atoms with Gasteiger partial charge in [0.1, 0.15) is 6.04 Å². The summed E-state index contributed by atoms with van der Waals surface area (Å²) in [5.41, 5.74) is 0.834. The Morgan fingerprint density at radius 3 is 2.77 bits per heavy atom. The summed E-state index contributed by atoms with van der Waals surface area (Å²) < 4.78 is 0. The highest BCUT2D eigenvalue weighted by atomic mass is 35.5. The molecule has 1 amide bonds. The number of fused-ring (bicyclic) bond motifs is 1. The molecule has 1 heterocycles. The van der Waals surface area contributed by atoms with Crippen molar-refractivity contribution in [3.8, 4) is 0 Å². The normalized spacial score (nSPS) is 27.5. The molecule has 1 saturated heterocycles. The van der Waals surface area contributed by atoms with Crippen molar-refractivity contribution in [1.82, 2.24) is 4.90 Å². The molecule has 0 spiro atoms. The maximum absolute atomic E-state index is 12.7. The van der Waals surface area contributed by atoms with Crippen molar-refractivity contribution in [3.05, 3.63) is 34.9 Å². The predicted molar refractivity (Wildman–Crippen MR) is 83.8 cm³/mol. The van der Waals surface area contributed by atoms with Crippen molar-refractivity contribution in [1.29, 1.82) is 0 Å². The molecule has 118 valence electrons. The van der Waals surface area contributed by atoms with Crippen LogP contribution in [-0.4, -0.2) is 34.0 Å². The molecule has 1 aromatic rings. The van der Waals surface area contributed by atoms with Gasteiger partial charge in [0.2, 0.25) is 5.91 Å². The first kappa shape index (κ1) is 15.3. The number of carboxylic acids is 1. The van der Waals surface area contributed by atoms with Crippen molar-refractivity contribution >= 4 is 23.5 Å². The van der Waals surface area contributed by atoms with Crippen LogP contribution in [0, 0.1) is 5.92 Å². The molecule has 1 aliphatic carbocycles. The highest BCUT2D eigenvalue weighted by Crippen LogP contribution is 2.40. The number of benzene rings is 1. The number of halogens is 1. The Hall–Kier alpha value is -1.55. The Morgan fingerprint density at radius 2 is 2.05 bits per heavy atom. The number of likely N-dealkylation sites (tertiary alicyclic amines) is 1. The molecule has 2 fully saturated rings. The summed E-state index contributed by atoms with van der Waals surface area (Å²) in [5, 5.41) is 10.1. The van der Waals surface area contributed by atoms with Gasteiger partial charge in [-0.3, -0.25) is 4.79 Å². The zero-order chi connectivity index (χ0) is 15.7. The van der Waals surface area contributed by atoms with Crippen molar-refractivity contribution < 1.29 is 14.7 Å². The predicted octanol–water partition coefficient (Wildman–Crippen LogP) is 3.13. The molecule has 0 bridgehead atoms. The third kappa shape index (κ3) is 2.98. The lowest BCUT2D eigenvalue weighted by atomic mass is 9.84. The topological polar surface area (TPSA) is 57.6 Å². The smallest absolute Gasteiger partial charge is 0.326 e. The Bertz CT molecular complexity index is 589. The summed E-state index contributed by atoms with van der Waals surface area (Å²) in [6.07, 6.45) is 5.00. The van der Waals surface area contributed by atoms with Gasteiger partial charge in [0.25, 0.3) is 0 Å². The van der Waals surface area contributed by atoms with Crippen LogP contribution in [0.4, 0.5) is 0 Å². The fourth-order valence-corrected chi connectivity index (χ4v) is 4.16. The van der Waals surface area contributed by atoms with E-state index in [1.807, 2.05) is 12.1 Å². The van der Waals surface area contributed by atoms with E-state index in [1.54, 1.807) is 17.0 Å². The average Bonchev–Trinajstić information content (AvgIpc) is 2.87. The minimum absolute atomic E-state index is 0.0935. The molecule has 22 heavy (non-hydrogen) atoms. The number of rotatable bonds is 3. The molecule has 0 radical (unpaired) electrons. The van der Waals surface area contributed by atoms with Crippen LogP contribution in [0.2, 0.25) is 5.02 Å². The molecular weight excluding hydrogens is 302 g/mol. The van der Waals surface area contributed by atoms with E-state index in [1.165, 1.54) is 0 Å². The third-order valence-corrected chi connectivity index (χ3v) is 5.14. The summed E-state index contributed by atoms with van der Waals surface area (Å²) in [6, 6.07) is 6.63. The number of carbonyl (C=O) groups is 2. The van der Waals surface area contributed by atoms with Gasteiger partial charge in [-0.2, -0.15) is 0 Å². The number of nitrogens with zero attached hydrogens (tertiary/aromatic N) is 1. The molecule has 1 aliphatic heterocycles. The molecular formula is C17H20ClNO3. The van der Waals surface area contributed by atoms with Crippen LogP contribution in [0.25, 0.3) is 0 Å². The molecule has 4 nitrogen and oxygen atoms in total. The molecule has 3 unspecified atom stereocenters. The van der Waals surface area contributed by atoms with Crippen LogP contribution >= 0.6 is 11.6 Å². The van der Waals surface area contributed by atoms with Crippen molar-refractivity contribution in [2.75, 3.05) is 0 Å². The summed E-state index contributed by atoms with van der Waals surface area (Å²) in [6.45, 7) is 0. The van der Waals surface area contributed by atoms with Gasteiger partial charge in [-0.1, -0.05) is 36.6 Å². The molecule has 3 atom stereocenters. The zero-order valence-corrected chi connectivity index (χ0v) is 13.1. The molecule has 5 heteroatoms. The first-order valence-electron chi connectivity index (χ1n) is 7.84. The van der Waals surface area contributed by atoms with Crippen LogP contribution in [0.1, 0.15) is 37.7 Å². The van der Waals surface area contributed by atoms with E-state index < -0.39 is 12.0 Å². The van der Waals surface area contributed by atoms with Gasteiger partial charge in [0.05, 0.1) is 6.42 Å². The van der Waals surface area contributed by atoms with Crippen molar-refractivity contribution in [3.63, 3.8) is 0 Å². The van der Waals surface area contributed by atoms with E-state index in [-0.39, 0.29) is 18.4 Å². The largest absolute Gasteiger partial charge is 0.480 e. The van der Waals surface area contributed by atoms with Crippen LogP contribution in [0.5, 0.6) is 0 Å². The van der Waals surface area contributed by atoms with E-state index in [0.29, 0.717) is 17.4 Å². The number of hydrogen-bond donors (Lipinski definition) is 1. The van der Waals surface area contributed by atoms with Gasteiger partial charge in [0, 0.05) is 11.1 Å². The SMILES string of the molecule is O=C(O)C1CC2CCCCC2N1C(=O)Cc1cccc(Cl)c1. The Morgan fingerprint density at radius 1 is 1.27 bits per heavy atom. The first-order valence-corrected chi connectivity index (χ1v) is 8.22. The monoisotopic (exact) mass is 321 g/mol. The number of carboxylic acid groups (broad SMARTS) is 1. The highest BCUT2D eigenvalue weighted by molar-refractivity contribution is 6.30. The number of hydrogen-bond acceptors (Lipinski definition) is 2. The van der Waals surface area contributed by atoms with Gasteiger partial charge in [-0.05, 0) is 42.9 Å². The van der Waals surface area contributed by atoms with Gasteiger partial charge >= 0.3 is 5.97 Å². The zero-order valence-electron chi connectivity index (χ0n) is 12.4. The lowest BCUT2D eigenvalue weighted by Crippen LogP contribution is -2.46. The second-order valence-electron chi connectivity index (χ2n) is 6.31. The van der Waals surface area contributed by atoms with E-state index in [9.17, 15) is 14.7 Å². The van der Waals surface area contributed by atoms with Crippen LogP contribution in [-0.2, 0) is 16.0 Å². The fraction of sp³-hybridized carbons (Fsp3) is 0.529. The van der Waals surface area contributed by atoms with Gasteiger partial charge in [-0.15, -0.1) is 0 Å². The van der Waals surface area contributed by atoms with Gasteiger partial charge in [0.15, 0.2) is 0 Å². The summed E-state index contributed by atoms with van der Waals surface area (Å²) in [4.78, 5) is 25.9. The summed E-state index contributed by atoms with van der Waals surface area (Å²) in [7, 11) is 0. The lowest BCUT2D eigenvalue weighted by molar-refractivity contribution is -0.149. The number of amides is 1. The Labute approximate surface area is 135 Å². The standard InChI is InChI=1S/C17H20ClNO3/c18-13-6-3-4-11(8-13)9-16(20)19-14-7-2-1-5-12(14)10-15(19)17(21)22/h3-4,6,8,12,14-15H,1-2,5,7,9-10H2,(H,21,22). The third-order valence-electron chi connectivity index (χ3n) is 4.91. The minimum Gasteiger partial charge on any atom is -0.480 e. The molecule has 0 aromatic heterocycles. The first-order chi connectivity index (χ1) is 10.6. The second-order valence-corrected chi connectivity index (χ2v) is 6.75. The van der Waals surface area contributed by atoms with Crippen LogP contribution in [0.3, 0.4) is 0 Å². The lowest BCUT2D eigenvalue weighted by Gasteiger charge is -2.33. The molecule has 1 N–H and O–H groups in total. The van der Waals surface area contributed by atoms with E-state index in [2.05, 4.69) is 0 Å². The van der Waals surface area contributed by atoms with Crippen molar-refractivity contribution in [2.45, 2.75) is 50.6 Å². The summed E-state index contributed by atoms with van der Waals surface area (Å²) in [5.74, 6) is -0.629. The number of carbonyl (C=O) groups excluding carboxylic acids is 1. The molecule has 2 aliphatic rings. The fourth-order valence-electron chi connectivity index (χ4n) is 3.95. The minimum atomic E-state index is -0.881. The Kier molecular flexibility index (Phi) is 4.39. The van der Waals surface area contributed by atoms with Crippen molar-refractivity contribution in [2.24, 2.45) is 5.92 Å². The highest BCUT2D eigenvalue weighted by Gasteiger charge is 2.47. The second kappa shape index (κ2) is 6.29. The molecule has 1 aromatic carbocycles. The van der Waals surface area contributed by atoms with E-state index >= 15 is 0 Å².